The minimum absolute atomic E-state index is 0.195. The van der Waals surface area contributed by atoms with Gasteiger partial charge in [-0.1, -0.05) is 12.1 Å². The zero-order valence-corrected chi connectivity index (χ0v) is 15.1. The summed E-state index contributed by atoms with van der Waals surface area (Å²) < 4.78 is 20.1. The topological polar surface area (TPSA) is 103 Å². The SMILES string of the molecule is O=C(c1ccc(-n2cncn2)c([N+](=O)[O-])c1)N1CCOC(c2ccc(F)cc2)C1. The predicted molar refractivity (Wildman–Crippen MR) is 99.0 cm³/mol. The number of carbonyl (C=O) groups is 1. The maximum absolute atomic E-state index is 13.1. The monoisotopic (exact) mass is 397 g/mol. The Hall–Kier alpha value is -3.66. The lowest BCUT2D eigenvalue weighted by molar-refractivity contribution is -0.384. The minimum Gasteiger partial charge on any atom is -0.370 e. The summed E-state index contributed by atoms with van der Waals surface area (Å²) in [7, 11) is 0. The maximum Gasteiger partial charge on any atom is 0.295 e. The Bertz CT molecular complexity index is 1040. The Kier molecular flexibility index (Phi) is 5.00. The number of halogens is 1. The summed E-state index contributed by atoms with van der Waals surface area (Å²) in [4.78, 5) is 29.3. The van der Waals surface area contributed by atoms with Crippen molar-refractivity contribution in [3.8, 4) is 5.69 Å². The molecule has 9 nitrogen and oxygen atoms in total. The van der Waals surface area contributed by atoms with E-state index < -0.39 is 11.0 Å². The smallest absolute Gasteiger partial charge is 0.295 e. The van der Waals surface area contributed by atoms with Crippen molar-refractivity contribution in [1.29, 1.82) is 0 Å². The first-order valence-corrected chi connectivity index (χ1v) is 8.83. The van der Waals surface area contributed by atoms with Gasteiger partial charge in [0.05, 0.1) is 18.1 Å². The van der Waals surface area contributed by atoms with Gasteiger partial charge in [-0.2, -0.15) is 5.10 Å². The van der Waals surface area contributed by atoms with E-state index in [-0.39, 0.29) is 35.2 Å². The van der Waals surface area contributed by atoms with Crippen LogP contribution in [0.15, 0.2) is 55.1 Å². The van der Waals surface area contributed by atoms with E-state index >= 15 is 0 Å². The zero-order valence-electron chi connectivity index (χ0n) is 15.1. The molecule has 1 saturated heterocycles. The number of nitro groups is 1. The molecule has 148 valence electrons. The van der Waals surface area contributed by atoms with E-state index in [1.807, 2.05) is 0 Å². The van der Waals surface area contributed by atoms with Crippen molar-refractivity contribution in [3.05, 3.63) is 82.2 Å². The number of amides is 1. The highest BCUT2D eigenvalue weighted by molar-refractivity contribution is 5.95. The molecular formula is C19H16FN5O4. The minimum atomic E-state index is -0.561. The van der Waals surface area contributed by atoms with Crippen LogP contribution in [-0.4, -0.2) is 50.2 Å². The molecule has 1 amide bonds. The Morgan fingerprint density at radius 2 is 2.03 bits per heavy atom. The molecule has 1 aromatic heterocycles. The van der Waals surface area contributed by atoms with Gasteiger partial charge in [0, 0.05) is 18.2 Å². The van der Waals surface area contributed by atoms with Gasteiger partial charge < -0.3 is 9.64 Å². The highest BCUT2D eigenvalue weighted by atomic mass is 19.1. The molecule has 1 aliphatic rings. The van der Waals surface area contributed by atoms with Crippen molar-refractivity contribution in [2.24, 2.45) is 0 Å². The van der Waals surface area contributed by atoms with Gasteiger partial charge in [0.15, 0.2) is 0 Å². The number of morpholine rings is 1. The fourth-order valence-electron chi connectivity index (χ4n) is 3.22. The van der Waals surface area contributed by atoms with Crippen molar-refractivity contribution in [2.45, 2.75) is 6.10 Å². The van der Waals surface area contributed by atoms with E-state index in [0.717, 1.165) is 5.56 Å². The summed E-state index contributed by atoms with van der Waals surface area (Å²) in [6.45, 7) is 0.936. The predicted octanol–water partition coefficient (Wildman–Crippen LogP) is 2.53. The van der Waals surface area contributed by atoms with Crippen LogP contribution in [0.4, 0.5) is 10.1 Å². The first kappa shape index (κ1) is 18.7. The van der Waals surface area contributed by atoms with Gasteiger partial charge in [0.25, 0.3) is 11.6 Å². The van der Waals surface area contributed by atoms with Crippen LogP contribution in [0.3, 0.4) is 0 Å². The molecule has 1 fully saturated rings. The summed E-state index contributed by atoms with van der Waals surface area (Å²) in [5.41, 5.74) is 0.927. The molecular weight excluding hydrogens is 381 g/mol. The van der Waals surface area contributed by atoms with E-state index in [2.05, 4.69) is 10.1 Å². The molecule has 0 aliphatic carbocycles. The second-order valence-electron chi connectivity index (χ2n) is 6.46. The fraction of sp³-hybridized carbons (Fsp3) is 0.211. The molecule has 1 unspecified atom stereocenters. The molecule has 10 heteroatoms. The first-order valence-electron chi connectivity index (χ1n) is 8.83. The van der Waals surface area contributed by atoms with Crippen LogP contribution in [0, 0.1) is 15.9 Å². The number of benzene rings is 2. The van der Waals surface area contributed by atoms with E-state index in [4.69, 9.17) is 4.74 Å². The fourth-order valence-corrected chi connectivity index (χ4v) is 3.22. The van der Waals surface area contributed by atoms with Crippen LogP contribution in [0.2, 0.25) is 0 Å². The Morgan fingerprint density at radius 3 is 2.72 bits per heavy atom. The second-order valence-corrected chi connectivity index (χ2v) is 6.46. The number of nitrogens with zero attached hydrogens (tertiary/aromatic N) is 5. The highest BCUT2D eigenvalue weighted by Gasteiger charge is 2.28. The van der Waals surface area contributed by atoms with Crippen molar-refractivity contribution >= 4 is 11.6 Å². The third-order valence-corrected chi connectivity index (χ3v) is 4.68. The summed E-state index contributed by atoms with van der Waals surface area (Å²) in [5.74, 6) is -0.689. The van der Waals surface area contributed by atoms with Gasteiger partial charge in [0.1, 0.15) is 30.3 Å². The normalized spacial score (nSPS) is 16.6. The average molecular weight is 397 g/mol. The average Bonchev–Trinajstić information content (AvgIpc) is 3.28. The standard InChI is InChI=1S/C19H16FN5O4/c20-15-4-1-13(2-5-15)18-10-23(7-8-29-18)19(26)14-3-6-16(17(9-14)25(27)28)24-12-21-11-22-24/h1-6,9,11-12,18H,7-8,10H2. The Labute approximate surface area is 164 Å². The van der Waals surface area contributed by atoms with E-state index in [0.29, 0.717) is 13.2 Å². The van der Waals surface area contributed by atoms with Crippen LogP contribution in [0.1, 0.15) is 22.0 Å². The van der Waals surface area contributed by atoms with Crippen LogP contribution in [-0.2, 0) is 4.74 Å². The highest BCUT2D eigenvalue weighted by Crippen LogP contribution is 2.27. The van der Waals surface area contributed by atoms with Crippen LogP contribution in [0.25, 0.3) is 5.69 Å². The summed E-state index contributed by atoms with van der Waals surface area (Å²) in [6.07, 6.45) is 2.23. The molecule has 1 aliphatic heterocycles. The number of nitro benzene ring substituents is 1. The molecule has 2 aromatic carbocycles. The molecule has 0 radical (unpaired) electrons. The number of aromatic nitrogens is 3. The van der Waals surface area contributed by atoms with Gasteiger partial charge in [-0.05, 0) is 29.8 Å². The largest absolute Gasteiger partial charge is 0.370 e. The van der Waals surface area contributed by atoms with E-state index in [1.165, 1.54) is 47.7 Å². The third-order valence-electron chi connectivity index (χ3n) is 4.68. The lowest BCUT2D eigenvalue weighted by atomic mass is 10.1. The maximum atomic E-state index is 13.1. The van der Waals surface area contributed by atoms with Crippen molar-refractivity contribution in [1.82, 2.24) is 19.7 Å². The molecule has 3 aromatic rings. The lowest BCUT2D eigenvalue weighted by Crippen LogP contribution is -2.42. The molecule has 0 saturated carbocycles. The van der Waals surface area contributed by atoms with Crippen molar-refractivity contribution in [2.75, 3.05) is 19.7 Å². The number of carbonyl (C=O) groups excluding carboxylic acids is 1. The van der Waals surface area contributed by atoms with Gasteiger partial charge in [0.2, 0.25) is 0 Å². The molecule has 1 atom stereocenters. The van der Waals surface area contributed by atoms with Crippen LogP contribution in [0.5, 0.6) is 0 Å². The number of hydrogen-bond acceptors (Lipinski definition) is 6. The molecule has 4 rings (SSSR count). The lowest BCUT2D eigenvalue weighted by Gasteiger charge is -2.33. The van der Waals surface area contributed by atoms with E-state index in [1.54, 1.807) is 17.0 Å². The third kappa shape index (κ3) is 3.83. The quantitative estimate of drug-likeness (QED) is 0.495. The van der Waals surface area contributed by atoms with Gasteiger partial charge in [-0.3, -0.25) is 14.9 Å². The first-order chi connectivity index (χ1) is 14.0. The van der Waals surface area contributed by atoms with Gasteiger partial charge in [-0.25, -0.2) is 14.1 Å². The van der Waals surface area contributed by atoms with Crippen molar-refractivity contribution in [3.63, 3.8) is 0 Å². The number of hydrogen-bond donors (Lipinski definition) is 0. The van der Waals surface area contributed by atoms with E-state index in [9.17, 15) is 19.3 Å². The Morgan fingerprint density at radius 1 is 1.24 bits per heavy atom. The number of rotatable bonds is 4. The number of ether oxygens (including phenoxy) is 1. The van der Waals surface area contributed by atoms with Crippen LogP contribution >= 0.6 is 0 Å². The summed E-state index contributed by atoms with van der Waals surface area (Å²) >= 11 is 0. The van der Waals surface area contributed by atoms with Crippen molar-refractivity contribution < 1.29 is 18.8 Å². The Balaban J connectivity index is 1.58. The second kappa shape index (κ2) is 7.76. The summed E-state index contributed by atoms with van der Waals surface area (Å²) in [6, 6.07) is 10.1. The molecule has 0 bridgehead atoms. The molecule has 29 heavy (non-hydrogen) atoms. The van der Waals surface area contributed by atoms with Crippen LogP contribution < -0.4 is 0 Å². The zero-order chi connectivity index (χ0) is 20.4. The summed E-state index contributed by atoms with van der Waals surface area (Å²) in [5, 5.41) is 15.4. The van der Waals surface area contributed by atoms with Gasteiger partial charge >= 0.3 is 0 Å². The molecule has 2 heterocycles. The van der Waals surface area contributed by atoms with Gasteiger partial charge in [-0.15, -0.1) is 0 Å². The molecule has 0 N–H and O–H groups in total. The molecule has 0 spiro atoms.